The zero-order valence-corrected chi connectivity index (χ0v) is 11.7. The second-order valence-corrected chi connectivity index (χ2v) is 5.27. The molecular formula is C16H12N2OS. The third-order valence-electron chi connectivity index (χ3n) is 3.08. The normalized spacial score (nSPS) is 10.2. The Morgan fingerprint density at radius 2 is 2.05 bits per heavy atom. The highest BCUT2D eigenvalue weighted by Gasteiger charge is 2.05. The number of anilines is 2. The number of methoxy groups -OCH3 is 1. The van der Waals surface area contributed by atoms with Crippen molar-refractivity contribution in [2.75, 3.05) is 12.4 Å². The maximum Gasteiger partial charge on any atom is 0.121 e. The Morgan fingerprint density at radius 3 is 2.85 bits per heavy atom. The van der Waals surface area contributed by atoms with Gasteiger partial charge in [-0.3, -0.25) is 0 Å². The molecule has 3 aromatic rings. The van der Waals surface area contributed by atoms with Gasteiger partial charge >= 0.3 is 0 Å². The lowest BCUT2D eigenvalue weighted by atomic mass is 10.1. The van der Waals surface area contributed by atoms with Crippen LogP contribution in [-0.2, 0) is 0 Å². The summed E-state index contributed by atoms with van der Waals surface area (Å²) in [5.41, 5.74) is 2.30. The van der Waals surface area contributed by atoms with Crippen LogP contribution in [0.5, 0.6) is 5.75 Å². The second-order valence-electron chi connectivity index (χ2n) is 4.32. The fourth-order valence-corrected chi connectivity index (χ4v) is 2.82. The summed E-state index contributed by atoms with van der Waals surface area (Å²) in [5, 5.41) is 15.7. The topological polar surface area (TPSA) is 45.0 Å². The molecule has 0 atom stereocenters. The highest BCUT2D eigenvalue weighted by molar-refractivity contribution is 7.17. The number of fused-ring (bicyclic) bond motifs is 1. The van der Waals surface area contributed by atoms with Gasteiger partial charge in [0, 0.05) is 16.5 Å². The van der Waals surface area contributed by atoms with Gasteiger partial charge in [0.05, 0.1) is 18.4 Å². The highest BCUT2D eigenvalue weighted by atomic mass is 32.1. The Hall–Kier alpha value is -2.51. The number of hydrogen-bond acceptors (Lipinski definition) is 4. The van der Waals surface area contributed by atoms with Crippen LogP contribution in [0.4, 0.5) is 11.4 Å². The van der Waals surface area contributed by atoms with Crippen LogP contribution in [0.15, 0.2) is 47.8 Å². The van der Waals surface area contributed by atoms with Crippen molar-refractivity contribution < 1.29 is 4.74 Å². The molecule has 0 spiro atoms. The molecule has 0 aliphatic heterocycles. The Kier molecular flexibility index (Phi) is 3.28. The Labute approximate surface area is 121 Å². The van der Waals surface area contributed by atoms with Gasteiger partial charge in [-0.25, -0.2) is 0 Å². The number of rotatable bonds is 3. The fourth-order valence-electron chi connectivity index (χ4n) is 2.05. The van der Waals surface area contributed by atoms with Crippen LogP contribution < -0.4 is 10.1 Å². The van der Waals surface area contributed by atoms with Crippen molar-refractivity contribution in [1.82, 2.24) is 0 Å². The largest absolute Gasteiger partial charge is 0.497 e. The van der Waals surface area contributed by atoms with Crippen LogP contribution in [0.3, 0.4) is 0 Å². The molecule has 0 aliphatic rings. The van der Waals surface area contributed by atoms with Gasteiger partial charge in [-0.1, -0.05) is 0 Å². The monoisotopic (exact) mass is 280 g/mol. The lowest BCUT2D eigenvalue weighted by Crippen LogP contribution is -1.94. The van der Waals surface area contributed by atoms with E-state index < -0.39 is 0 Å². The number of hydrogen-bond donors (Lipinski definition) is 1. The van der Waals surface area contributed by atoms with Crippen molar-refractivity contribution in [3.63, 3.8) is 0 Å². The molecule has 98 valence electrons. The third-order valence-corrected chi connectivity index (χ3v) is 3.98. The van der Waals surface area contributed by atoms with Crippen molar-refractivity contribution in [2.45, 2.75) is 0 Å². The molecule has 0 bridgehead atoms. The minimum absolute atomic E-state index is 0.594. The zero-order chi connectivity index (χ0) is 13.9. The Morgan fingerprint density at radius 1 is 1.15 bits per heavy atom. The van der Waals surface area contributed by atoms with Crippen molar-refractivity contribution in [1.29, 1.82) is 5.26 Å². The smallest absolute Gasteiger partial charge is 0.121 e. The summed E-state index contributed by atoms with van der Waals surface area (Å²) in [6.45, 7) is 0. The molecule has 0 radical (unpaired) electrons. The number of nitriles is 1. The van der Waals surface area contributed by atoms with Gasteiger partial charge in [0.15, 0.2) is 0 Å². The van der Waals surface area contributed by atoms with E-state index in [-0.39, 0.29) is 0 Å². The van der Waals surface area contributed by atoms with E-state index >= 15 is 0 Å². The quantitative estimate of drug-likeness (QED) is 0.767. The average molecular weight is 280 g/mol. The van der Waals surface area contributed by atoms with Crippen molar-refractivity contribution in [3.8, 4) is 11.8 Å². The van der Waals surface area contributed by atoms with E-state index in [0.717, 1.165) is 17.1 Å². The lowest BCUT2D eigenvalue weighted by Gasteiger charge is -2.10. The van der Waals surface area contributed by atoms with Crippen LogP contribution in [-0.4, -0.2) is 7.11 Å². The predicted octanol–water partition coefficient (Wildman–Crippen LogP) is 4.53. The first-order valence-electron chi connectivity index (χ1n) is 6.12. The number of thiophene rings is 1. The fraction of sp³-hybridized carbons (Fsp3) is 0.0625. The molecular weight excluding hydrogens is 268 g/mol. The second kappa shape index (κ2) is 5.24. The number of nitrogens with zero attached hydrogens (tertiary/aromatic N) is 1. The van der Waals surface area contributed by atoms with Gasteiger partial charge in [0.1, 0.15) is 11.8 Å². The number of ether oxygens (including phenoxy) is 1. The molecule has 3 rings (SSSR count). The first-order valence-corrected chi connectivity index (χ1v) is 7.00. The molecule has 0 amide bonds. The van der Waals surface area contributed by atoms with Gasteiger partial charge in [0.25, 0.3) is 0 Å². The van der Waals surface area contributed by atoms with Crippen LogP contribution in [0.2, 0.25) is 0 Å². The molecule has 1 N–H and O–H groups in total. The molecule has 0 saturated carbocycles. The summed E-state index contributed by atoms with van der Waals surface area (Å²) in [5.74, 6) is 0.725. The van der Waals surface area contributed by atoms with Crippen LogP contribution in [0.1, 0.15) is 5.56 Å². The maximum absolute atomic E-state index is 9.17. The van der Waals surface area contributed by atoms with E-state index in [1.807, 2.05) is 12.1 Å². The molecule has 20 heavy (non-hydrogen) atoms. The minimum atomic E-state index is 0.594. The van der Waals surface area contributed by atoms with E-state index in [2.05, 4.69) is 35.0 Å². The third kappa shape index (κ3) is 2.31. The minimum Gasteiger partial charge on any atom is -0.497 e. The van der Waals surface area contributed by atoms with Crippen molar-refractivity contribution in [3.05, 3.63) is 53.4 Å². The number of nitrogens with one attached hydrogen (secondary N) is 1. The van der Waals surface area contributed by atoms with Gasteiger partial charge in [-0.2, -0.15) is 5.26 Å². The average Bonchev–Trinajstić information content (AvgIpc) is 2.94. The summed E-state index contributed by atoms with van der Waals surface area (Å²) in [7, 11) is 1.61. The number of benzene rings is 2. The molecule has 4 heteroatoms. The Bertz CT molecular complexity index is 802. The first kappa shape index (κ1) is 12.5. The zero-order valence-electron chi connectivity index (χ0n) is 10.9. The Balaban J connectivity index is 1.99. The van der Waals surface area contributed by atoms with Crippen LogP contribution in [0.25, 0.3) is 10.1 Å². The molecule has 0 unspecified atom stereocenters. The maximum atomic E-state index is 9.17. The summed E-state index contributed by atoms with van der Waals surface area (Å²) in [4.78, 5) is 0. The van der Waals surface area contributed by atoms with E-state index in [1.165, 1.54) is 10.1 Å². The molecule has 3 nitrogen and oxygen atoms in total. The molecule has 1 aromatic heterocycles. The summed E-state index contributed by atoms with van der Waals surface area (Å²) < 4.78 is 6.45. The van der Waals surface area contributed by atoms with Crippen molar-refractivity contribution >= 4 is 32.8 Å². The molecule has 0 fully saturated rings. The lowest BCUT2D eigenvalue weighted by molar-refractivity contribution is 0.415. The van der Waals surface area contributed by atoms with Gasteiger partial charge in [-0.05, 0) is 47.2 Å². The first-order chi connectivity index (χ1) is 9.80. The predicted molar refractivity (Wildman–Crippen MR) is 82.8 cm³/mol. The highest BCUT2D eigenvalue weighted by Crippen LogP contribution is 2.29. The van der Waals surface area contributed by atoms with E-state index in [4.69, 9.17) is 10.00 Å². The van der Waals surface area contributed by atoms with Crippen molar-refractivity contribution in [2.24, 2.45) is 0 Å². The standard InChI is InChI=1S/C16H12N2OS/c1-19-14-4-2-12(10-17)15(9-14)18-13-3-5-16-11(8-13)6-7-20-16/h2-9,18H,1H3. The van der Waals surface area contributed by atoms with E-state index in [9.17, 15) is 0 Å². The molecule has 0 saturated heterocycles. The van der Waals surface area contributed by atoms with Gasteiger partial charge in [-0.15, -0.1) is 11.3 Å². The summed E-state index contributed by atoms with van der Waals surface area (Å²) in [6, 6.07) is 15.8. The van der Waals surface area contributed by atoms with E-state index in [0.29, 0.717) is 5.56 Å². The van der Waals surface area contributed by atoms with Crippen LogP contribution >= 0.6 is 11.3 Å². The molecule has 0 aliphatic carbocycles. The van der Waals surface area contributed by atoms with Gasteiger partial charge < -0.3 is 10.1 Å². The molecule has 2 aromatic carbocycles. The summed E-state index contributed by atoms with van der Waals surface area (Å²) >= 11 is 1.72. The summed E-state index contributed by atoms with van der Waals surface area (Å²) in [6.07, 6.45) is 0. The SMILES string of the molecule is COc1ccc(C#N)c(Nc2ccc3sccc3c2)c1. The van der Waals surface area contributed by atoms with E-state index in [1.54, 1.807) is 30.6 Å². The molecule has 1 heterocycles. The van der Waals surface area contributed by atoms with Gasteiger partial charge in [0.2, 0.25) is 0 Å². The van der Waals surface area contributed by atoms with Crippen LogP contribution in [0, 0.1) is 11.3 Å².